The summed E-state index contributed by atoms with van der Waals surface area (Å²) in [5.74, 6) is 0. The second kappa shape index (κ2) is 5.87. The van der Waals surface area contributed by atoms with Crippen molar-refractivity contribution in [3.63, 3.8) is 0 Å². The average molecular weight is 320 g/mol. The lowest BCUT2D eigenvalue weighted by Gasteiger charge is -2.23. The molecule has 1 unspecified atom stereocenters. The lowest BCUT2D eigenvalue weighted by molar-refractivity contribution is 0.0504. The topological polar surface area (TPSA) is 46.2 Å². The molecule has 3 heteroatoms. The highest BCUT2D eigenvalue weighted by Gasteiger charge is 2.21. The molecule has 0 fully saturated rings. The van der Waals surface area contributed by atoms with Crippen LogP contribution in [0.25, 0.3) is 11.1 Å². The summed E-state index contributed by atoms with van der Waals surface area (Å²) in [4.78, 5) is 0. The molecule has 100 valence electrons. The first-order valence-corrected chi connectivity index (χ1v) is 7.11. The van der Waals surface area contributed by atoms with Crippen LogP contribution in [0.2, 0.25) is 0 Å². The van der Waals surface area contributed by atoms with Gasteiger partial charge in [0.15, 0.2) is 0 Å². The van der Waals surface area contributed by atoms with Gasteiger partial charge in [0.05, 0.1) is 5.60 Å². The van der Waals surface area contributed by atoms with Crippen molar-refractivity contribution in [2.45, 2.75) is 18.9 Å². The van der Waals surface area contributed by atoms with Crippen LogP contribution in [0.1, 0.15) is 18.9 Å². The Balaban J connectivity index is 2.28. The summed E-state index contributed by atoms with van der Waals surface area (Å²) in [6.07, 6.45) is 0.559. The molecular weight excluding hydrogens is 302 g/mol. The Morgan fingerprint density at radius 1 is 1.11 bits per heavy atom. The van der Waals surface area contributed by atoms with Gasteiger partial charge in [0, 0.05) is 4.47 Å². The first kappa shape index (κ1) is 14.3. The molecule has 0 heterocycles. The number of aliphatic hydroxyl groups is 1. The van der Waals surface area contributed by atoms with Gasteiger partial charge in [0.25, 0.3) is 0 Å². The van der Waals surface area contributed by atoms with Crippen LogP contribution in [0.15, 0.2) is 53.0 Å². The molecule has 2 aromatic carbocycles. The van der Waals surface area contributed by atoms with Crippen LogP contribution in [0.4, 0.5) is 0 Å². The van der Waals surface area contributed by atoms with Crippen molar-refractivity contribution in [1.29, 1.82) is 0 Å². The van der Waals surface area contributed by atoms with Gasteiger partial charge in [-0.25, -0.2) is 0 Å². The average Bonchev–Trinajstić information content (AvgIpc) is 2.39. The molecule has 0 radical (unpaired) electrons. The van der Waals surface area contributed by atoms with Crippen molar-refractivity contribution >= 4 is 15.9 Å². The van der Waals surface area contributed by atoms with Gasteiger partial charge >= 0.3 is 0 Å². The molecule has 3 N–H and O–H groups in total. The van der Waals surface area contributed by atoms with Crippen molar-refractivity contribution in [3.8, 4) is 11.1 Å². The van der Waals surface area contributed by atoms with Gasteiger partial charge in [0.2, 0.25) is 0 Å². The molecule has 0 saturated heterocycles. The molecule has 2 aromatic rings. The molecule has 0 aliphatic rings. The van der Waals surface area contributed by atoms with Crippen molar-refractivity contribution < 1.29 is 5.11 Å². The van der Waals surface area contributed by atoms with Gasteiger partial charge < -0.3 is 10.8 Å². The van der Waals surface area contributed by atoms with Gasteiger partial charge in [-0.2, -0.15) is 0 Å². The predicted molar refractivity (Wildman–Crippen MR) is 82.8 cm³/mol. The minimum absolute atomic E-state index is 0.473. The van der Waals surface area contributed by atoms with Crippen LogP contribution in [0.5, 0.6) is 0 Å². The molecule has 0 aliphatic carbocycles. The minimum Gasteiger partial charge on any atom is -0.385 e. The van der Waals surface area contributed by atoms with E-state index in [1.54, 1.807) is 6.92 Å². The summed E-state index contributed by atoms with van der Waals surface area (Å²) in [6, 6.07) is 16.1. The molecule has 0 aliphatic heterocycles. The standard InChI is InChI=1S/C16H18BrNO/c1-16(19,9-10-18)14-7-5-12(6-8-14)13-3-2-4-15(17)11-13/h2-8,11,19H,9-10,18H2,1H3. The van der Waals surface area contributed by atoms with Gasteiger partial charge in [-0.05, 0) is 48.7 Å². The molecular formula is C16H18BrNO. The molecule has 0 saturated carbocycles. The van der Waals surface area contributed by atoms with Gasteiger partial charge in [-0.15, -0.1) is 0 Å². The zero-order valence-electron chi connectivity index (χ0n) is 10.9. The monoisotopic (exact) mass is 319 g/mol. The largest absolute Gasteiger partial charge is 0.385 e. The Bertz CT molecular complexity index is 549. The van der Waals surface area contributed by atoms with E-state index in [0.717, 1.165) is 21.2 Å². The SMILES string of the molecule is CC(O)(CCN)c1ccc(-c2cccc(Br)c2)cc1. The smallest absolute Gasteiger partial charge is 0.0880 e. The van der Waals surface area contributed by atoms with E-state index in [9.17, 15) is 5.11 Å². The Kier molecular flexibility index (Phi) is 4.40. The van der Waals surface area contributed by atoms with Gasteiger partial charge in [-0.3, -0.25) is 0 Å². The van der Waals surface area contributed by atoms with Crippen LogP contribution >= 0.6 is 15.9 Å². The number of benzene rings is 2. The van der Waals surface area contributed by atoms with Crippen LogP contribution in [0, 0.1) is 0 Å². The number of nitrogens with two attached hydrogens (primary N) is 1. The van der Waals surface area contributed by atoms with E-state index in [-0.39, 0.29) is 0 Å². The van der Waals surface area contributed by atoms with Crippen molar-refractivity contribution in [3.05, 3.63) is 58.6 Å². The van der Waals surface area contributed by atoms with E-state index < -0.39 is 5.60 Å². The third-order valence-electron chi connectivity index (χ3n) is 3.30. The van der Waals surface area contributed by atoms with Crippen molar-refractivity contribution in [2.24, 2.45) is 5.73 Å². The quantitative estimate of drug-likeness (QED) is 0.903. The van der Waals surface area contributed by atoms with E-state index >= 15 is 0 Å². The molecule has 0 bridgehead atoms. The van der Waals surface area contributed by atoms with Crippen LogP contribution in [-0.4, -0.2) is 11.7 Å². The van der Waals surface area contributed by atoms with Crippen LogP contribution in [-0.2, 0) is 5.60 Å². The maximum Gasteiger partial charge on any atom is 0.0880 e. The zero-order valence-corrected chi connectivity index (χ0v) is 12.5. The fraction of sp³-hybridized carbons (Fsp3) is 0.250. The summed E-state index contributed by atoms with van der Waals surface area (Å²) in [6.45, 7) is 2.27. The summed E-state index contributed by atoms with van der Waals surface area (Å²) >= 11 is 3.47. The minimum atomic E-state index is -0.857. The lowest BCUT2D eigenvalue weighted by atomic mass is 9.91. The highest BCUT2D eigenvalue weighted by Crippen LogP contribution is 2.28. The molecule has 2 rings (SSSR count). The fourth-order valence-corrected chi connectivity index (χ4v) is 2.51. The van der Waals surface area contributed by atoms with Crippen LogP contribution < -0.4 is 5.73 Å². The third-order valence-corrected chi connectivity index (χ3v) is 3.79. The third kappa shape index (κ3) is 3.44. The fourth-order valence-electron chi connectivity index (χ4n) is 2.12. The summed E-state index contributed by atoms with van der Waals surface area (Å²) in [7, 11) is 0. The number of hydrogen-bond acceptors (Lipinski definition) is 2. The molecule has 0 spiro atoms. The number of hydrogen-bond donors (Lipinski definition) is 2. The first-order valence-electron chi connectivity index (χ1n) is 6.32. The van der Waals surface area contributed by atoms with Crippen molar-refractivity contribution in [2.75, 3.05) is 6.54 Å². The molecule has 19 heavy (non-hydrogen) atoms. The Labute approximate surface area is 122 Å². The van der Waals surface area contributed by atoms with E-state index in [4.69, 9.17) is 5.73 Å². The molecule has 1 atom stereocenters. The Hall–Kier alpha value is -1.16. The van der Waals surface area contributed by atoms with Crippen molar-refractivity contribution in [1.82, 2.24) is 0 Å². The number of rotatable bonds is 4. The maximum absolute atomic E-state index is 10.3. The maximum atomic E-state index is 10.3. The van der Waals surface area contributed by atoms with Gasteiger partial charge in [-0.1, -0.05) is 52.3 Å². The van der Waals surface area contributed by atoms with Gasteiger partial charge in [0.1, 0.15) is 0 Å². The Morgan fingerprint density at radius 2 is 1.79 bits per heavy atom. The predicted octanol–water partition coefficient (Wildman–Crippen LogP) is 3.67. The second-order valence-electron chi connectivity index (χ2n) is 4.90. The summed E-state index contributed by atoms with van der Waals surface area (Å²) in [5, 5.41) is 10.3. The number of halogens is 1. The summed E-state index contributed by atoms with van der Waals surface area (Å²) < 4.78 is 1.06. The highest BCUT2D eigenvalue weighted by atomic mass is 79.9. The van der Waals surface area contributed by atoms with E-state index in [1.165, 1.54) is 0 Å². The van der Waals surface area contributed by atoms with Crippen LogP contribution in [0.3, 0.4) is 0 Å². The van der Waals surface area contributed by atoms with E-state index in [0.29, 0.717) is 13.0 Å². The normalized spacial score (nSPS) is 14.1. The summed E-state index contributed by atoms with van der Waals surface area (Å²) in [5.41, 5.74) is 7.85. The van der Waals surface area contributed by atoms with E-state index in [2.05, 4.69) is 28.1 Å². The second-order valence-corrected chi connectivity index (χ2v) is 5.82. The molecule has 0 amide bonds. The first-order chi connectivity index (χ1) is 9.03. The molecule has 0 aromatic heterocycles. The molecule has 2 nitrogen and oxygen atoms in total. The Morgan fingerprint density at radius 3 is 2.37 bits per heavy atom. The van der Waals surface area contributed by atoms with E-state index in [1.807, 2.05) is 36.4 Å². The highest BCUT2D eigenvalue weighted by molar-refractivity contribution is 9.10. The zero-order chi connectivity index (χ0) is 13.9. The lowest BCUT2D eigenvalue weighted by Crippen LogP contribution is -2.24.